The zero-order valence-corrected chi connectivity index (χ0v) is 12.7. The topological polar surface area (TPSA) is 72.0 Å². The maximum atomic E-state index is 11.4. The first-order valence-corrected chi connectivity index (χ1v) is 9.05. The van der Waals surface area contributed by atoms with Gasteiger partial charge in [0.05, 0.1) is 4.90 Å². The summed E-state index contributed by atoms with van der Waals surface area (Å²) in [4.78, 5) is 4.79. The molecule has 0 amide bonds. The van der Waals surface area contributed by atoms with Gasteiger partial charge in [-0.25, -0.2) is 13.4 Å². The van der Waals surface area contributed by atoms with Crippen LogP contribution in [0.4, 0.5) is 5.13 Å². The molecule has 1 aliphatic carbocycles. The van der Waals surface area contributed by atoms with Crippen LogP contribution in [0.3, 0.4) is 0 Å². The molecule has 0 radical (unpaired) electrons. The normalized spacial score (nSPS) is 15.2. The fourth-order valence-electron chi connectivity index (χ4n) is 1.85. The van der Waals surface area contributed by atoms with Gasteiger partial charge in [0.1, 0.15) is 5.82 Å². The highest BCUT2D eigenvalue weighted by Gasteiger charge is 2.27. The predicted octanol–water partition coefficient (Wildman–Crippen LogP) is 2.43. The fourth-order valence-corrected chi connectivity index (χ4v) is 3.12. The third-order valence-electron chi connectivity index (χ3n) is 3.18. The summed E-state index contributed by atoms with van der Waals surface area (Å²) in [6.45, 7) is 0.614. The average Bonchev–Trinajstić information content (AvgIpc) is 3.15. The smallest absolute Gasteiger partial charge is 0.202 e. The summed E-state index contributed by atoms with van der Waals surface area (Å²) >= 11 is 1.38. The Morgan fingerprint density at radius 3 is 2.60 bits per heavy atom. The number of anilines is 1. The number of aromatic nitrogens is 2. The van der Waals surface area contributed by atoms with E-state index in [0.717, 1.165) is 16.5 Å². The highest BCUT2D eigenvalue weighted by atomic mass is 32.2. The Balaban J connectivity index is 1.62. The van der Waals surface area contributed by atoms with Gasteiger partial charge in [0.15, 0.2) is 9.84 Å². The van der Waals surface area contributed by atoms with Gasteiger partial charge in [0.2, 0.25) is 5.13 Å². The Morgan fingerprint density at radius 1 is 1.30 bits per heavy atom. The lowest BCUT2D eigenvalue weighted by molar-refractivity contribution is 0.602. The summed E-state index contributed by atoms with van der Waals surface area (Å²) in [6.07, 6.45) is 3.60. The number of benzene rings is 1. The monoisotopic (exact) mass is 309 g/mol. The first-order chi connectivity index (χ1) is 9.52. The number of hydrogen-bond donors (Lipinski definition) is 1. The third kappa shape index (κ3) is 3.16. The van der Waals surface area contributed by atoms with E-state index in [2.05, 4.69) is 14.7 Å². The van der Waals surface area contributed by atoms with E-state index in [1.807, 2.05) is 12.1 Å². The zero-order valence-electron chi connectivity index (χ0n) is 11.0. The minimum Gasteiger partial charge on any atom is -0.356 e. The van der Waals surface area contributed by atoms with Crippen LogP contribution in [0, 0.1) is 0 Å². The van der Waals surface area contributed by atoms with E-state index in [1.165, 1.54) is 30.6 Å². The summed E-state index contributed by atoms with van der Waals surface area (Å²) in [5.74, 6) is 1.51. The largest absolute Gasteiger partial charge is 0.356 e. The van der Waals surface area contributed by atoms with Gasteiger partial charge in [0, 0.05) is 30.3 Å². The van der Waals surface area contributed by atoms with Gasteiger partial charge in [-0.2, -0.15) is 4.37 Å². The second kappa shape index (κ2) is 5.14. The van der Waals surface area contributed by atoms with E-state index in [9.17, 15) is 8.42 Å². The third-order valence-corrected chi connectivity index (χ3v) is 4.99. The second-order valence-electron chi connectivity index (χ2n) is 5.00. The lowest BCUT2D eigenvalue weighted by atomic mass is 10.2. The van der Waals surface area contributed by atoms with Gasteiger partial charge < -0.3 is 5.32 Å². The molecule has 1 heterocycles. The SMILES string of the molecule is CS(=O)(=O)c1ccc(CNc2nc(C3CC3)ns2)cc1. The minimum absolute atomic E-state index is 0.341. The average molecular weight is 309 g/mol. The molecule has 1 aliphatic rings. The molecule has 0 unspecified atom stereocenters. The Bertz CT molecular complexity index is 703. The molecule has 0 spiro atoms. The van der Waals surface area contributed by atoms with E-state index in [1.54, 1.807) is 12.1 Å². The van der Waals surface area contributed by atoms with Crippen LogP contribution in [0.25, 0.3) is 0 Å². The standard InChI is InChI=1S/C13H15N3O2S2/c1-20(17,18)11-6-2-9(3-7-11)8-14-13-15-12(16-19-13)10-4-5-10/h2-3,6-7,10H,4-5,8H2,1H3,(H,14,15,16). The van der Waals surface area contributed by atoms with Crippen LogP contribution < -0.4 is 5.32 Å². The van der Waals surface area contributed by atoms with Crippen LogP contribution in [0.1, 0.15) is 30.1 Å². The van der Waals surface area contributed by atoms with Crippen LogP contribution >= 0.6 is 11.5 Å². The fraction of sp³-hybridized carbons (Fsp3) is 0.385. The Morgan fingerprint density at radius 2 is 2.00 bits per heavy atom. The van der Waals surface area contributed by atoms with Gasteiger partial charge >= 0.3 is 0 Å². The molecular formula is C13H15N3O2S2. The molecule has 0 aliphatic heterocycles. The van der Waals surface area contributed by atoms with E-state index < -0.39 is 9.84 Å². The van der Waals surface area contributed by atoms with Gasteiger partial charge in [-0.3, -0.25) is 0 Å². The summed E-state index contributed by atoms with van der Waals surface area (Å²) < 4.78 is 27.1. The van der Waals surface area contributed by atoms with Crippen LogP contribution in [-0.4, -0.2) is 24.0 Å². The minimum atomic E-state index is -3.13. The molecule has 7 heteroatoms. The number of hydrogen-bond acceptors (Lipinski definition) is 6. The van der Waals surface area contributed by atoms with Crippen molar-refractivity contribution in [3.05, 3.63) is 35.7 Å². The second-order valence-corrected chi connectivity index (χ2v) is 7.77. The molecule has 1 saturated carbocycles. The van der Waals surface area contributed by atoms with Crippen LogP contribution in [0.5, 0.6) is 0 Å². The van der Waals surface area contributed by atoms with Gasteiger partial charge in [0.25, 0.3) is 0 Å². The van der Waals surface area contributed by atoms with Crippen molar-refractivity contribution in [2.75, 3.05) is 11.6 Å². The first-order valence-electron chi connectivity index (χ1n) is 6.39. The van der Waals surface area contributed by atoms with Gasteiger partial charge in [-0.05, 0) is 30.5 Å². The van der Waals surface area contributed by atoms with Gasteiger partial charge in [-0.1, -0.05) is 12.1 Å². The van der Waals surface area contributed by atoms with Crippen LogP contribution in [0.2, 0.25) is 0 Å². The summed E-state index contributed by atoms with van der Waals surface area (Å²) in [6, 6.07) is 6.88. The van der Waals surface area contributed by atoms with Crippen molar-refractivity contribution >= 4 is 26.5 Å². The molecule has 106 valence electrons. The molecule has 1 aromatic heterocycles. The maximum absolute atomic E-state index is 11.4. The summed E-state index contributed by atoms with van der Waals surface area (Å²) in [7, 11) is -3.13. The molecule has 1 N–H and O–H groups in total. The van der Waals surface area contributed by atoms with E-state index in [-0.39, 0.29) is 0 Å². The van der Waals surface area contributed by atoms with Crippen LogP contribution in [-0.2, 0) is 16.4 Å². The van der Waals surface area contributed by atoms with Crippen molar-refractivity contribution in [3.63, 3.8) is 0 Å². The molecule has 1 aromatic carbocycles. The highest BCUT2D eigenvalue weighted by Crippen LogP contribution is 2.39. The van der Waals surface area contributed by atoms with Crippen molar-refractivity contribution in [2.45, 2.75) is 30.2 Å². The van der Waals surface area contributed by atoms with Crippen LogP contribution in [0.15, 0.2) is 29.2 Å². The quantitative estimate of drug-likeness (QED) is 0.918. The molecule has 1 fully saturated rings. The summed E-state index contributed by atoms with van der Waals surface area (Å²) in [5, 5.41) is 4.04. The number of rotatable bonds is 5. The van der Waals surface area contributed by atoms with Crippen molar-refractivity contribution < 1.29 is 8.42 Å². The van der Waals surface area contributed by atoms with Crippen molar-refractivity contribution in [1.29, 1.82) is 0 Å². The molecule has 0 bridgehead atoms. The molecule has 0 saturated heterocycles. The molecule has 20 heavy (non-hydrogen) atoms. The van der Waals surface area contributed by atoms with Gasteiger partial charge in [-0.15, -0.1) is 0 Å². The zero-order chi connectivity index (χ0) is 14.2. The molecule has 5 nitrogen and oxygen atoms in total. The van der Waals surface area contributed by atoms with Crippen molar-refractivity contribution in [2.24, 2.45) is 0 Å². The Hall–Kier alpha value is -1.47. The molecule has 0 atom stereocenters. The number of sulfone groups is 1. The molecule has 3 rings (SSSR count). The lowest BCUT2D eigenvalue weighted by Crippen LogP contribution is -2.01. The Labute approximate surface area is 122 Å². The predicted molar refractivity (Wildman–Crippen MR) is 78.8 cm³/mol. The lowest BCUT2D eigenvalue weighted by Gasteiger charge is -2.03. The van der Waals surface area contributed by atoms with E-state index in [4.69, 9.17) is 0 Å². The summed E-state index contributed by atoms with van der Waals surface area (Å²) in [5.41, 5.74) is 1.01. The number of nitrogens with one attached hydrogen (secondary N) is 1. The molecular weight excluding hydrogens is 294 g/mol. The van der Waals surface area contributed by atoms with E-state index in [0.29, 0.717) is 17.4 Å². The molecule has 2 aromatic rings. The van der Waals surface area contributed by atoms with Crippen molar-refractivity contribution in [1.82, 2.24) is 9.36 Å². The first kappa shape index (κ1) is 13.5. The van der Waals surface area contributed by atoms with Crippen molar-refractivity contribution in [3.8, 4) is 0 Å². The van der Waals surface area contributed by atoms with E-state index >= 15 is 0 Å². The highest BCUT2D eigenvalue weighted by molar-refractivity contribution is 7.90. The maximum Gasteiger partial charge on any atom is 0.202 e. The number of nitrogens with zero attached hydrogens (tertiary/aromatic N) is 2. The Kier molecular flexibility index (Phi) is 3.47.